The lowest BCUT2D eigenvalue weighted by Crippen LogP contribution is -2.23. The molecule has 1 aliphatic rings. The fourth-order valence-electron chi connectivity index (χ4n) is 2.84. The zero-order valence-electron chi connectivity index (χ0n) is 11.1. The zero-order chi connectivity index (χ0) is 13.4. The summed E-state index contributed by atoms with van der Waals surface area (Å²) >= 11 is 0. The zero-order valence-corrected chi connectivity index (χ0v) is 11.1. The monoisotopic (exact) mass is 269 g/mol. The molecule has 3 aromatic rings. The molecule has 2 aromatic heterocycles. The van der Waals surface area contributed by atoms with Crippen LogP contribution in [0.1, 0.15) is 12.8 Å². The minimum absolute atomic E-state index is 0.316. The van der Waals surface area contributed by atoms with Gasteiger partial charge in [-0.25, -0.2) is 4.98 Å². The Kier molecular flexibility index (Phi) is 2.77. The lowest BCUT2D eigenvalue weighted by atomic mass is 10.2. The van der Waals surface area contributed by atoms with Crippen LogP contribution >= 0.6 is 0 Å². The third kappa shape index (κ3) is 1.91. The maximum absolute atomic E-state index is 5.64. The van der Waals surface area contributed by atoms with E-state index in [-0.39, 0.29) is 0 Å². The third-order valence-corrected chi connectivity index (χ3v) is 3.86. The van der Waals surface area contributed by atoms with Gasteiger partial charge >= 0.3 is 0 Å². The van der Waals surface area contributed by atoms with Crippen molar-refractivity contribution in [1.29, 1.82) is 0 Å². The van der Waals surface area contributed by atoms with Crippen molar-refractivity contribution in [2.45, 2.75) is 18.9 Å². The number of nitrogens with zero attached hydrogens (tertiary/aromatic N) is 1. The molecule has 1 atom stereocenters. The molecular formula is C15H17N4O+. The normalized spacial score (nSPS) is 18.9. The highest BCUT2D eigenvalue weighted by Gasteiger charge is 2.19. The molecule has 1 saturated heterocycles. The van der Waals surface area contributed by atoms with E-state index in [1.807, 2.05) is 12.1 Å². The van der Waals surface area contributed by atoms with E-state index in [4.69, 9.17) is 4.74 Å². The van der Waals surface area contributed by atoms with Crippen LogP contribution in [0, 0.1) is 0 Å². The van der Waals surface area contributed by atoms with Crippen LogP contribution in [0.25, 0.3) is 21.9 Å². The van der Waals surface area contributed by atoms with Gasteiger partial charge in [0, 0.05) is 17.5 Å². The minimum Gasteiger partial charge on any atom is -0.375 e. The van der Waals surface area contributed by atoms with E-state index in [2.05, 4.69) is 32.4 Å². The summed E-state index contributed by atoms with van der Waals surface area (Å²) in [5.41, 5.74) is 3.12. The molecule has 0 saturated carbocycles. The lowest BCUT2D eigenvalue weighted by molar-refractivity contribution is -0.364. The number of H-pyrrole nitrogens is 2. The van der Waals surface area contributed by atoms with Gasteiger partial charge < -0.3 is 15.0 Å². The Bertz CT molecular complexity index is 746. The van der Waals surface area contributed by atoms with Crippen molar-refractivity contribution in [3.05, 3.63) is 30.6 Å². The van der Waals surface area contributed by atoms with Gasteiger partial charge in [0.15, 0.2) is 11.0 Å². The van der Waals surface area contributed by atoms with E-state index in [1.165, 1.54) is 0 Å². The number of para-hydroxylation sites is 1. The average molecular weight is 269 g/mol. The largest absolute Gasteiger partial charge is 0.375 e. The predicted octanol–water partition coefficient (Wildman–Crippen LogP) is 2.12. The maximum atomic E-state index is 5.64. The van der Waals surface area contributed by atoms with E-state index in [0.29, 0.717) is 6.10 Å². The Balaban J connectivity index is 1.71. The number of hydrogen-bond acceptors (Lipinski definition) is 3. The second kappa shape index (κ2) is 4.76. The molecule has 1 aromatic carbocycles. The molecule has 1 aliphatic heterocycles. The van der Waals surface area contributed by atoms with Crippen LogP contribution in [-0.4, -0.2) is 29.2 Å². The Hall–Kier alpha value is -2.14. The number of benzene rings is 1. The number of aromatic nitrogens is 3. The summed E-state index contributed by atoms with van der Waals surface area (Å²) in [4.78, 5) is 11.1. The van der Waals surface area contributed by atoms with Gasteiger partial charge in [0.25, 0.3) is 0 Å². The highest BCUT2D eigenvalue weighted by molar-refractivity contribution is 6.07. The summed E-state index contributed by atoms with van der Waals surface area (Å²) < 4.78 is 5.64. The standard InChI is InChI=1S/C15H16N4O/c1-2-6-12-11(5-1)13-14(19-12)15(18-9-17-13)16-8-10-4-3-7-20-10/h1-2,5-6,9-10,19H,3-4,7-8H2,(H,16,17,18)/p+1. The molecule has 0 aliphatic carbocycles. The smallest absolute Gasteiger partial charge is 0.246 e. The summed E-state index contributed by atoms with van der Waals surface area (Å²) in [6, 6.07) is 8.22. The van der Waals surface area contributed by atoms with E-state index < -0.39 is 0 Å². The highest BCUT2D eigenvalue weighted by Crippen LogP contribution is 2.25. The van der Waals surface area contributed by atoms with Gasteiger partial charge in [-0.05, 0) is 25.0 Å². The van der Waals surface area contributed by atoms with Crippen LogP contribution < -0.4 is 10.3 Å². The molecule has 5 heteroatoms. The first-order chi connectivity index (χ1) is 9.92. The lowest BCUT2D eigenvalue weighted by Gasteiger charge is -2.07. The first-order valence-electron chi connectivity index (χ1n) is 7.04. The van der Waals surface area contributed by atoms with Gasteiger partial charge in [-0.15, -0.1) is 4.98 Å². The van der Waals surface area contributed by atoms with E-state index in [9.17, 15) is 0 Å². The molecule has 1 fully saturated rings. The number of anilines is 1. The van der Waals surface area contributed by atoms with Gasteiger partial charge in [0.05, 0.1) is 12.6 Å². The Morgan fingerprint density at radius 2 is 2.35 bits per heavy atom. The van der Waals surface area contributed by atoms with Crippen molar-refractivity contribution in [3.63, 3.8) is 0 Å². The summed E-state index contributed by atoms with van der Waals surface area (Å²) in [5, 5.41) is 4.59. The first kappa shape index (κ1) is 11.7. The Morgan fingerprint density at radius 1 is 1.40 bits per heavy atom. The second-order valence-electron chi connectivity index (χ2n) is 5.19. The van der Waals surface area contributed by atoms with Crippen LogP contribution in [0.4, 0.5) is 5.82 Å². The van der Waals surface area contributed by atoms with Gasteiger partial charge in [0.1, 0.15) is 0 Å². The van der Waals surface area contributed by atoms with Crippen molar-refractivity contribution < 1.29 is 9.72 Å². The third-order valence-electron chi connectivity index (χ3n) is 3.86. The van der Waals surface area contributed by atoms with E-state index >= 15 is 0 Å². The van der Waals surface area contributed by atoms with Gasteiger partial charge in [-0.2, -0.15) is 0 Å². The molecule has 3 N–H and O–H groups in total. The summed E-state index contributed by atoms with van der Waals surface area (Å²) in [7, 11) is 0. The van der Waals surface area contributed by atoms with Crippen LogP contribution in [-0.2, 0) is 4.74 Å². The van der Waals surface area contributed by atoms with Crippen LogP contribution in [0.2, 0.25) is 0 Å². The topological polar surface area (TPSA) is 64.1 Å². The molecule has 3 heterocycles. The maximum Gasteiger partial charge on any atom is 0.246 e. The number of hydrogen-bond donors (Lipinski definition) is 2. The van der Waals surface area contributed by atoms with Gasteiger partial charge in [-0.3, -0.25) is 0 Å². The van der Waals surface area contributed by atoms with Crippen LogP contribution in [0.5, 0.6) is 0 Å². The summed E-state index contributed by atoms with van der Waals surface area (Å²) in [5.74, 6) is 0.974. The fourth-order valence-corrected chi connectivity index (χ4v) is 2.84. The number of ether oxygens (including phenoxy) is 1. The van der Waals surface area contributed by atoms with Crippen LogP contribution in [0.3, 0.4) is 0 Å². The van der Waals surface area contributed by atoms with Crippen molar-refractivity contribution in [2.75, 3.05) is 18.5 Å². The van der Waals surface area contributed by atoms with Crippen molar-refractivity contribution in [2.24, 2.45) is 0 Å². The van der Waals surface area contributed by atoms with Gasteiger partial charge in [0.2, 0.25) is 12.1 Å². The number of nitrogens with one attached hydrogen (secondary N) is 3. The van der Waals surface area contributed by atoms with E-state index in [1.54, 1.807) is 6.33 Å². The molecule has 1 unspecified atom stereocenters. The number of rotatable bonds is 3. The summed E-state index contributed by atoms with van der Waals surface area (Å²) in [6.45, 7) is 1.71. The number of fused-ring (bicyclic) bond motifs is 3. The van der Waals surface area contributed by atoms with Crippen molar-refractivity contribution in [1.82, 2.24) is 9.97 Å². The quantitative estimate of drug-likeness (QED) is 0.765. The molecule has 0 amide bonds. The minimum atomic E-state index is 0.316. The van der Waals surface area contributed by atoms with Crippen molar-refractivity contribution >= 4 is 27.8 Å². The second-order valence-corrected chi connectivity index (χ2v) is 5.19. The Labute approximate surface area is 116 Å². The summed E-state index contributed by atoms with van der Waals surface area (Å²) in [6.07, 6.45) is 4.35. The van der Waals surface area contributed by atoms with Crippen molar-refractivity contribution in [3.8, 4) is 0 Å². The Morgan fingerprint density at radius 3 is 3.25 bits per heavy atom. The molecular weight excluding hydrogens is 252 g/mol. The molecule has 5 nitrogen and oxygen atoms in total. The fraction of sp³-hybridized carbons (Fsp3) is 0.333. The van der Waals surface area contributed by atoms with Gasteiger partial charge in [-0.1, -0.05) is 12.1 Å². The van der Waals surface area contributed by atoms with Crippen LogP contribution in [0.15, 0.2) is 30.6 Å². The molecule has 0 bridgehead atoms. The molecule has 4 rings (SSSR count). The first-order valence-corrected chi connectivity index (χ1v) is 7.04. The average Bonchev–Trinajstić information content (AvgIpc) is 3.12. The highest BCUT2D eigenvalue weighted by atomic mass is 16.5. The SMILES string of the molecule is c1ccc2c(c1)[nH]c1c(NCC3CCCO3)[nH+]cnc12. The molecule has 0 radical (unpaired) electrons. The molecule has 0 spiro atoms. The predicted molar refractivity (Wildman–Crippen MR) is 77.6 cm³/mol. The molecule has 102 valence electrons. The molecule has 20 heavy (non-hydrogen) atoms. The van der Waals surface area contributed by atoms with E-state index in [0.717, 1.165) is 53.7 Å². The number of aromatic amines is 2.